The molecule has 0 saturated carbocycles. The second-order valence-corrected chi connectivity index (χ2v) is 5.97. The number of nitrogens with one attached hydrogen (secondary N) is 2. The van der Waals surface area contributed by atoms with Crippen molar-refractivity contribution in [1.82, 2.24) is 10.3 Å². The van der Waals surface area contributed by atoms with Crippen molar-refractivity contribution in [2.75, 3.05) is 16.8 Å². The first kappa shape index (κ1) is 17.5. The van der Waals surface area contributed by atoms with Crippen LogP contribution >= 0.6 is 23.2 Å². The first-order valence-electron chi connectivity index (χ1n) is 7.01. The summed E-state index contributed by atoms with van der Waals surface area (Å²) in [6.07, 6.45) is 1.69. The molecular weight excluding hydrogens is 382 g/mol. The highest BCUT2D eigenvalue weighted by Crippen LogP contribution is 2.44. The number of aliphatic imine (C=N–C) groups is 1. The first-order chi connectivity index (χ1) is 12.4. The summed E-state index contributed by atoms with van der Waals surface area (Å²) in [6.45, 7) is 0. The number of nitrogens with two attached hydrogens (primary N) is 2. The number of hydrogen-bond donors (Lipinski definition) is 4. The third-order valence-corrected chi connectivity index (χ3v) is 4.33. The number of aromatic nitrogens is 1. The molecule has 0 amide bonds. The van der Waals surface area contributed by atoms with Gasteiger partial charge in [-0.05, 0) is 12.1 Å². The van der Waals surface area contributed by atoms with Gasteiger partial charge in [0, 0.05) is 16.1 Å². The number of benzene rings is 1. The van der Waals surface area contributed by atoms with Crippen LogP contribution in [0.3, 0.4) is 0 Å². The third-order valence-electron chi connectivity index (χ3n) is 3.71. The van der Waals surface area contributed by atoms with Gasteiger partial charge in [-0.2, -0.15) is 10.5 Å². The minimum absolute atomic E-state index is 0.0172. The summed E-state index contributed by atoms with van der Waals surface area (Å²) >= 11 is 12.0. The monoisotopic (exact) mass is 390 g/mol. The Morgan fingerprint density at radius 1 is 1.19 bits per heavy atom. The van der Waals surface area contributed by atoms with E-state index in [2.05, 4.69) is 20.6 Å². The summed E-state index contributed by atoms with van der Waals surface area (Å²) < 4.78 is 14.7. The van der Waals surface area contributed by atoms with E-state index in [1.165, 1.54) is 12.1 Å². The number of guanidine groups is 1. The topological polar surface area (TPSA) is 149 Å². The normalized spacial score (nSPS) is 15.1. The lowest BCUT2D eigenvalue weighted by Gasteiger charge is -2.27. The molecule has 0 aliphatic carbocycles. The highest BCUT2D eigenvalue weighted by atomic mass is 35.5. The van der Waals surface area contributed by atoms with Crippen LogP contribution in [0.15, 0.2) is 17.1 Å². The fourth-order valence-electron chi connectivity index (χ4n) is 2.58. The van der Waals surface area contributed by atoms with Crippen LogP contribution in [-0.2, 0) is 0 Å². The highest BCUT2D eigenvalue weighted by molar-refractivity contribution is 6.33. The zero-order valence-corrected chi connectivity index (χ0v) is 14.3. The molecule has 0 fully saturated rings. The number of nitrogens with zero attached hydrogens (tertiary/aromatic N) is 4. The van der Waals surface area contributed by atoms with Crippen molar-refractivity contribution in [3.63, 3.8) is 0 Å². The maximum atomic E-state index is 14.7. The Bertz CT molecular complexity index is 1040. The van der Waals surface area contributed by atoms with E-state index < -0.39 is 11.9 Å². The van der Waals surface area contributed by atoms with Crippen molar-refractivity contribution >= 4 is 46.5 Å². The quantitative estimate of drug-likeness (QED) is 0.331. The number of hydrogen-bond acceptors (Lipinski definition) is 8. The van der Waals surface area contributed by atoms with E-state index in [9.17, 15) is 9.65 Å². The van der Waals surface area contributed by atoms with Gasteiger partial charge in [0.2, 0.25) is 5.96 Å². The number of nitrogen functional groups attached to an aromatic ring is 2. The van der Waals surface area contributed by atoms with E-state index in [1.807, 2.05) is 6.07 Å². The molecular formula is C15H9Cl2FN8. The average Bonchev–Trinajstić information content (AvgIpc) is 2.58. The van der Waals surface area contributed by atoms with Gasteiger partial charge in [0.1, 0.15) is 35.1 Å². The van der Waals surface area contributed by atoms with Gasteiger partial charge >= 0.3 is 0 Å². The largest absolute Gasteiger partial charge is 0.397 e. The van der Waals surface area contributed by atoms with Gasteiger partial charge in [-0.3, -0.25) is 5.32 Å². The van der Waals surface area contributed by atoms with Gasteiger partial charge in [0.25, 0.3) is 0 Å². The Morgan fingerprint density at radius 2 is 1.88 bits per heavy atom. The molecule has 130 valence electrons. The van der Waals surface area contributed by atoms with Gasteiger partial charge < -0.3 is 16.8 Å². The van der Waals surface area contributed by atoms with E-state index in [4.69, 9.17) is 39.9 Å². The number of anilines is 3. The van der Waals surface area contributed by atoms with Crippen LogP contribution in [-0.4, -0.2) is 10.9 Å². The van der Waals surface area contributed by atoms with Crippen LogP contribution in [0.4, 0.5) is 21.7 Å². The fourth-order valence-corrected chi connectivity index (χ4v) is 3.00. The molecule has 3 rings (SSSR count). The third kappa shape index (κ3) is 2.69. The zero-order chi connectivity index (χ0) is 19.0. The van der Waals surface area contributed by atoms with Gasteiger partial charge in [0.15, 0.2) is 6.19 Å². The second-order valence-electron chi connectivity index (χ2n) is 5.16. The van der Waals surface area contributed by atoms with Gasteiger partial charge in [-0.1, -0.05) is 23.2 Å². The van der Waals surface area contributed by atoms with E-state index in [0.29, 0.717) is 0 Å². The highest BCUT2D eigenvalue weighted by Gasteiger charge is 2.33. The van der Waals surface area contributed by atoms with Crippen LogP contribution in [0.5, 0.6) is 0 Å². The SMILES string of the molecule is N#CNC1=NC(c2c(Cl)ccc(Cl)c2F)c2c(nc(N)c(C#N)c2N)N1. The lowest BCUT2D eigenvalue weighted by atomic mass is 9.94. The van der Waals surface area contributed by atoms with Crippen molar-refractivity contribution < 1.29 is 4.39 Å². The molecule has 1 aliphatic rings. The second kappa shape index (κ2) is 6.56. The van der Waals surface area contributed by atoms with E-state index in [0.717, 1.165) is 0 Å². The lowest BCUT2D eigenvalue weighted by Crippen LogP contribution is -2.33. The van der Waals surface area contributed by atoms with E-state index in [-0.39, 0.29) is 50.0 Å². The summed E-state index contributed by atoms with van der Waals surface area (Å²) in [5.74, 6) is -0.818. The number of halogens is 3. The number of pyridine rings is 1. The molecule has 8 nitrogen and oxygen atoms in total. The molecule has 0 bridgehead atoms. The molecule has 1 atom stereocenters. The number of rotatable bonds is 1. The summed E-state index contributed by atoms with van der Waals surface area (Å²) in [7, 11) is 0. The molecule has 0 saturated heterocycles. The Balaban J connectivity index is 2.35. The van der Waals surface area contributed by atoms with Gasteiger partial charge in [-0.15, -0.1) is 0 Å². The smallest absolute Gasteiger partial charge is 0.211 e. The Kier molecular flexibility index (Phi) is 4.43. The molecule has 2 heterocycles. The van der Waals surface area contributed by atoms with Crippen molar-refractivity contribution in [3.05, 3.63) is 44.7 Å². The van der Waals surface area contributed by atoms with Crippen molar-refractivity contribution in [2.45, 2.75) is 6.04 Å². The molecule has 1 aromatic heterocycles. The van der Waals surface area contributed by atoms with Crippen LogP contribution in [0.1, 0.15) is 22.7 Å². The molecule has 2 aromatic rings. The van der Waals surface area contributed by atoms with Crippen LogP contribution < -0.4 is 22.1 Å². The number of fused-ring (bicyclic) bond motifs is 1. The predicted molar refractivity (Wildman–Crippen MR) is 95.8 cm³/mol. The molecule has 1 aromatic carbocycles. The predicted octanol–water partition coefficient (Wildman–Crippen LogP) is 2.51. The minimum Gasteiger partial charge on any atom is -0.397 e. The van der Waals surface area contributed by atoms with E-state index >= 15 is 0 Å². The Morgan fingerprint density at radius 3 is 2.54 bits per heavy atom. The van der Waals surface area contributed by atoms with Crippen molar-refractivity contribution in [1.29, 1.82) is 10.5 Å². The maximum Gasteiger partial charge on any atom is 0.211 e. The standard InChI is InChI=1S/C15H9Cl2FN8/c16-6-1-2-7(17)10(18)8(6)12-9-11(21)5(3-19)13(22)25-14(9)26-15(24-12)23-4-20/h1-2,12H,(H6,21,22,23,24,25,26). The molecule has 1 unspecified atom stereocenters. The van der Waals surface area contributed by atoms with Crippen LogP contribution in [0.2, 0.25) is 10.0 Å². The molecule has 26 heavy (non-hydrogen) atoms. The Hall–Kier alpha value is -3.27. The molecule has 1 aliphatic heterocycles. The van der Waals surface area contributed by atoms with Crippen LogP contribution in [0.25, 0.3) is 0 Å². The lowest BCUT2D eigenvalue weighted by molar-refractivity contribution is 0.600. The van der Waals surface area contributed by atoms with Crippen molar-refractivity contribution in [3.8, 4) is 12.3 Å². The number of nitriles is 2. The minimum atomic E-state index is -1.10. The average molecular weight is 391 g/mol. The molecule has 0 radical (unpaired) electrons. The van der Waals surface area contributed by atoms with Gasteiger partial charge in [-0.25, -0.2) is 14.4 Å². The Labute approximate surface area is 156 Å². The van der Waals surface area contributed by atoms with Crippen LogP contribution in [0, 0.1) is 28.6 Å². The summed E-state index contributed by atoms with van der Waals surface area (Å²) in [6, 6.07) is 3.46. The summed E-state index contributed by atoms with van der Waals surface area (Å²) in [5, 5.41) is 23.0. The van der Waals surface area contributed by atoms with Gasteiger partial charge in [0.05, 0.1) is 10.7 Å². The molecule has 6 N–H and O–H groups in total. The summed E-state index contributed by atoms with van der Waals surface area (Å²) in [5.41, 5.74) is 11.8. The molecule has 0 spiro atoms. The molecule has 11 heteroatoms. The zero-order valence-electron chi connectivity index (χ0n) is 12.8. The first-order valence-corrected chi connectivity index (χ1v) is 7.76. The van der Waals surface area contributed by atoms with E-state index in [1.54, 1.807) is 6.19 Å². The maximum absolute atomic E-state index is 14.7. The summed E-state index contributed by atoms with van der Waals surface area (Å²) in [4.78, 5) is 8.30. The van der Waals surface area contributed by atoms with Crippen molar-refractivity contribution in [2.24, 2.45) is 4.99 Å². The fraction of sp³-hybridized carbons (Fsp3) is 0.0667.